The fraction of sp³-hybridized carbons (Fsp3) is 0.611. The van der Waals surface area contributed by atoms with Crippen molar-refractivity contribution in [1.29, 1.82) is 0 Å². The molecule has 2 aliphatic rings. The van der Waals surface area contributed by atoms with Crippen molar-refractivity contribution in [3.05, 3.63) is 29.8 Å². The predicted molar refractivity (Wildman–Crippen MR) is 91.3 cm³/mol. The van der Waals surface area contributed by atoms with Gasteiger partial charge in [0.05, 0.1) is 0 Å². The molecule has 2 N–H and O–H groups in total. The quantitative estimate of drug-likeness (QED) is 0.887. The van der Waals surface area contributed by atoms with Gasteiger partial charge < -0.3 is 15.3 Å². The van der Waals surface area contributed by atoms with Crippen LogP contribution in [0.1, 0.15) is 31.2 Å². The van der Waals surface area contributed by atoms with Crippen LogP contribution in [0.25, 0.3) is 0 Å². The maximum Gasteiger partial charge on any atom is 0.256 e. The third kappa shape index (κ3) is 4.10. The van der Waals surface area contributed by atoms with Crippen molar-refractivity contribution in [2.45, 2.75) is 37.8 Å². The second-order valence-electron chi connectivity index (χ2n) is 6.97. The molecule has 0 atom stereocenters. The highest BCUT2D eigenvalue weighted by atomic mass is 16.3. The number of amides is 1. The van der Waals surface area contributed by atoms with Gasteiger partial charge in [0, 0.05) is 38.4 Å². The number of aliphatic hydroxyl groups is 1. The van der Waals surface area contributed by atoms with Crippen molar-refractivity contribution < 1.29 is 9.90 Å². The van der Waals surface area contributed by atoms with E-state index in [9.17, 15) is 9.90 Å². The Labute approximate surface area is 138 Å². The van der Waals surface area contributed by atoms with Gasteiger partial charge in [-0.2, -0.15) is 0 Å². The van der Waals surface area contributed by atoms with Crippen LogP contribution in [0.4, 0.5) is 5.69 Å². The Morgan fingerprint density at radius 1 is 1.22 bits per heavy atom. The van der Waals surface area contributed by atoms with Gasteiger partial charge >= 0.3 is 0 Å². The van der Waals surface area contributed by atoms with Gasteiger partial charge in [-0.05, 0) is 50.4 Å². The maximum absolute atomic E-state index is 12.3. The van der Waals surface area contributed by atoms with Gasteiger partial charge in [-0.25, -0.2) is 0 Å². The molecule has 5 heteroatoms. The number of likely N-dealkylation sites (N-methyl/N-ethyl adjacent to an activating group) is 1. The fourth-order valence-corrected chi connectivity index (χ4v) is 3.45. The molecule has 1 aromatic rings. The van der Waals surface area contributed by atoms with Crippen LogP contribution in [0.15, 0.2) is 24.3 Å². The second-order valence-corrected chi connectivity index (χ2v) is 6.97. The van der Waals surface area contributed by atoms with Crippen LogP contribution >= 0.6 is 0 Å². The summed E-state index contributed by atoms with van der Waals surface area (Å²) in [6.45, 7) is 5.26. The lowest BCUT2D eigenvalue weighted by Crippen LogP contribution is -2.43. The number of anilines is 1. The van der Waals surface area contributed by atoms with E-state index in [1.54, 1.807) is 0 Å². The summed E-state index contributed by atoms with van der Waals surface area (Å²) in [4.78, 5) is 17.1. The first-order chi connectivity index (χ1) is 11.0. The topological polar surface area (TPSA) is 55.8 Å². The zero-order valence-corrected chi connectivity index (χ0v) is 13.9. The molecule has 1 aliphatic carbocycles. The second kappa shape index (κ2) is 6.99. The lowest BCUT2D eigenvalue weighted by Gasteiger charge is -2.32. The average molecular weight is 317 g/mol. The van der Waals surface area contributed by atoms with E-state index in [0.29, 0.717) is 12.8 Å². The number of benzene rings is 1. The third-order valence-electron chi connectivity index (χ3n) is 5.04. The highest BCUT2D eigenvalue weighted by molar-refractivity contribution is 5.97. The van der Waals surface area contributed by atoms with E-state index in [0.717, 1.165) is 51.3 Å². The van der Waals surface area contributed by atoms with Crippen LogP contribution in [0.3, 0.4) is 0 Å². The number of hydrogen-bond acceptors (Lipinski definition) is 4. The van der Waals surface area contributed by atoms with Gasteiger partial charge in [-0.3, -0.25) is 9.69 Å². The number of carbonyl (C=O) groups excluding carboxylic acids is 1. The van der Waals surface area contributed by atoms with Crippen LogP contribution < -0.4 is 5.32 Å². The lowest BCUT2D eigenvalue weighted by molar-refractivity contribution is -0.133. The molecule has 1 saturated heterocycles. The van der Waals surface area contributed by atoms with E-state index in [1.165, 1.54) is 5.56 Å². The van der Waals surface area contributed by atoms with Gasteiger partial charge in [-0.15, -0.1) is 0 Å². The predicted octanol–water partition coefficient (Wildman–Crippen LogP) is 1.68. The van der Waals surface area contributed by atoms with Crippen LogP contribution in [-0.2, 0) is 11.3 Å². The van der Waals surface area contributed by atoms with E-state index in [2.05, 4.69) is 28.2 Å². The molecule has 0 bridgehead atoms. The third-order valence-corrected chi connectivity index (χ3v) is 5.04. The molecule has 0 unspecified atom stereocenters. The van der Waals surface area contributed by atoms with E-state index in [-0.39, 0.29) is 5.91 Å². The Morgan fingerprint density at radius 2 is 1.91 bits per heavy atom. The molecule has 1 saturated carbocycles. The molecule has 0 radical (unpaired) electrons. The summed E-state index contributed by atoms with van der Waals surface area (Å²) in [6.07, 6.45) is 2.99. The van der Waals surface area contributed by atoms with Crippen LogP contribution in [0.2, 0.25) is 0 Å². The first-order valence-electron chi connectivity index (χ1n) is 8.59. The molecule has 0 aromatic heterocycles. The van der Waals surface area contributed by atoms with Crippen LogP contribution in [0.5, 0.6) is 0 Å². The fourth-order valence-electron chi connectivity index (χ4n) is 3.45. The number of rotatable bonds is 4. The van der Waals surface area contributed by atoms with Crippen molar-refractivity contribution in [1.82, 2.24) is 9.80 Å². The SMILES string of the molecule is CN1CCN(Cc2cccc(NC(=O)C3(O)CCCC3)c2)CC1. The van der Waals surface area contributed by atoms with Crippen LogP contribution in [0, 0.1) is 0 Å². The normalized spacial score (nSPS) is 22.2. The van der Waals surface area contributed by atoms with Crippen LogP contribution in [-0.4, -0.2) is 59.6 Å². The van der Waals surface area contributed by atoms with E-state index in [4.69, 9.17) is 0 Å². The zero-order chi connectivity index (χ0) is 16.3. The van der Waals surface area contributed by atoms with E-state index in [1.807, 2.05) is 18.2 Å². The summed E-state index contributed by atoms with van der Waals surface area (Å²) in [7, 11) is 2.15. The minimum atomic E-state index is -1.17. The number of nitrogens with one attached hydrogen (secondary N) is 1. The standard InChI is InChI=1S/C18H27N3O2/c1-20-9-11-21(12-10-20)14-15-5-4-6-16(13-15)19-17(22)18(23)7-2-3-8-18/h4-6,13,23H,2-3,7-12,14H2,1H3,(H,19,22). The summed E-state index contributed by atoms with van der Waals surface area (Å²) in [5.74, 6) is -0.258. The number of carbonyl (C=O) groups is 1. The van der Waals surface area contributed by atoms with E-state index >= 15 is 0 Å². The van der Waals surface area contributed by atoms with Gasteiger partial charge in [0.15, 0.2) is 0 Å². The molecule has 1 aromatic carbocycles. The monoisotopic (exact) mass is 317 g/mol. The minimum Gasteiger partial charge on any atom is -0.380 e. The van der Waals surface area contributed by atoms with Crippen molar-refractivity contribution in [3.63, 3.8) is 0 Å². The summed E-state index contributed by atoms with van der Waals surface area (Å²) in [6, 6.07) is 7.98. The molecule has 0 spiro atoms. The minimum absolute atomic E-state index is 0.258. The molecule has 1 amide bonds. The Balaban J connectivity index is 1.60. The maximum atomic E-state index is 12.3. The molecule has 1 aliphatic heterocycles. The smallest absolute Gasteiger partial charge is 0.256 e. The molecular weight excluding hydrogens is 290 g/mol. The van der Waals surface area contributed by atoms with Crippen molar-refractivity contribution in [2.24, 2.45) is 0 Å². The zero-order valence-electron chi connectivity index (χ0n) is 13.9. The van der Waals surface area contributed by atoms with Gasteiger partial charge in [0.2, 0.25) is 0 Å². The molecule has 23 heavy (non-hydrogen) atoms. The Bertz CT molecular complexity index is 547. The average Bonchev–Trinajstić information content (AvgIpc) is 2.98. The first-order valence-corrected chi connectivity index (χ1v) is 8.59. The Kier molecular flexibility index (Phi) is 4.99. The molecule has 5 nitrogen and oxygen atoms in total. The van der Waals surface area contributed by atoms with Crippen molar-refractivity contribution in [2.75, 3.05) is 38.5 Å². The Morgan fingerprint density at radius 3 is 2.61 bits per heavy atom. The first kappa shape index (κ1) is 16.4. The van der Waals surface area contributed by atoms with Gasteiger partial charge in [-0.1, -0.05) is 12.1 Å². The summed E-state index contributed by atoms with van der Waals surface area (Å²) >= 11 is 0. The molecular formula is C18H27N3O2. The van der Waals surface area contributed by atoms with Crippen molar-refractivity contribution in [3.8, 4) is 0 Å². The number of nitrogens with zero attached hydrogens (tertiary/aromatic N) is 2. The van der Waals surface area contributed by atoms with E-state index < -0.39 is 5.60 Å². The summed E-state index contributed by atoms with van der Waals surface area (Å²) in [5, 5.41) is 13.2. The number of piperazine rings is 1. The summed E-state index contributed by atoms with van der Waals surface area (Å²) < 4.78 is 0. The molecule has 126 valence electrons. The summed E-state index contributed by atoms with van der Waals surface area (Å²) in [5.41, 5.74) is 0.806. The molecule has 2 fully saturated rings. The lowest BCUT2D eigenvalue weighted by atomic mass is 10.0. The molecule has 3 rings (SSSR count). The highest BCUT2D eigenvalue weighted by Gasteiger charge is 2.38. The van der Waals surface area contributed by atoms with Gasteiger partial charge in [0.25, 0.3) is 5.91 Å². The largest absolute Gasteiger partial charge is 0.380 e. The molecule has 1 heterocycles. The highest BCUT2D eigenvalue weighted by Crippen LogP contribution is 2.30. The Hall–Kier alpha value is -1.43. The van der Waals surface area contributed by atoms with Gasteiger partial charge in [0.1, 0.15) is 5.60 Å². The van der Waals surface area contributed by atoms with Crippen molar-refractivity contribution >= 4 is 11.6 Å². The number of hydrogen-bond donors (Lipinski definition) is 2.